The lowest BCUT2D eigenvalue weighted by Gasteiger charge is -2.07. The zero-order chi connectivity index (χ0) is 13.8. The third-order valence-electron chi connectivity index (χ3n) is 2.91. The molecule has 0 amide bonds. The van der Waals surface area contributed by atoms with Gasteiger partial charge in [0.25, 0.3) is 5.56 Å². The lowest BCUT2D eigenvalue weighted by Crippen LogP contribution is -2.16. The van der Waals surface area contributed by atoms with Gasteiger partial charge in [-0.3, -0.25) is 4.79 Å². The van der Waals surface area contributed by atoms with Crippen molar-refractivity contribution in [3.63, 3.8) is 0 Å². The molecular formula is C14H17N3O2. The van der Waals surface area contributed by atoms with E-state index in [0.717, 1.165) is 18.4 Å². The van der Waals surface area contributed by atoms with Gasteiger partial charge in [0.15, 0.2) is 0 Å². The second-order valence-electron chi connectivity index (χ2n) is 4.33. The van der Waals surface area contributed by atoms with Crippen molar-refractivity contribution in [3.8, 4) is 17.1 Å². The third kappa shape index (κ3) is 2.81. The molecule has 0 aliphatic rings. The number of aromatic nitrogens is 3. The first-order valence-corrected chi connectivity index (χ1v) is 6.26. The molecule has 0 radical (unpaired) electrons. The monoisotopic (exact) mass is 259 g/mol. The molecule has 5 heteroatoms. The van der Waals surface area contributed by atoms with Gasteiger partial charge < -0.3 is 9.72 Å². The number of rotatable bonds is 4. The van der Waals surface area contributed by atoms with Crippen molar-refractivity contribution in [2.75, 3.05) is 7.11 Å². The van der Waals surface area contributed by atoms with E-state index in [1.807, 2.05) is 6.07 Å². The highest BCUT2D eigenvalue weighted by atomic mass is 16.5. The number of pyridine rings is 1. The maximum absolute atomic E-state index is 11.9. The number of aryl methyl sites for hydroxylation is 1. The molecule has 5 nitrogen and oxygen atoms in total. The largest absolute Gasteiger partial charge is 0.481 e. The van der Waals surface area contributed by atoms with Crippen LogP contribution in [-0.2, 0) is 6.42 Å². The fourth-order valence-corrected chi connectivity index (χ4v) is 1.86. The SMILES string of the molecule is CCCc1nc(-c2ccc(OC)nc2)c(C)c(=O)[nH]1. The van der Waals surface area contributed by atoms with E-state index in [1.165, 1.54) is 0 Å². The third-order valence-corrected chi connectivity index (χ3v) is 2.91. The minimum absolute atomic E-state index is 0.0933. The lowest BCUT2D eigenvalue weighted by atomic mass is 10.1. The van der Waals surface area contributed by atoms with Crippen molar-refractivity contribution in [2.45, 2.75) is 26.7 Å². The van der Waals surface area contributed by atoms with Gasteiger partial charge in [-0.2, -0.15) is 0 Å². The molecule has 0 fully saturated rings. The van der Waals surface area contributed by atoms with E-state index in [9.17, 15) is 4.79 Å². The summed E-state index contributed by atoms with van der Waals surface area (Å²) in [7, 11) is 1.57. The van der Waals surface area contributed by atoms with Crippen LogP contribution < -0.4 is 10.3 Å². The standard InChI is InChI=1S/C14H17N3O2/c1-4-5-11-16-13(9(2)14(18)17-11)10-6-7-12(19-3)15-8-10/h6-8H,4-5H2,1-3H3,(H,16,17,18). The average molecular weight is 259 g/mol. The van der Waals surface area contributed by atoms with Crippen molar-refractivity contribution in [3.05, 3.63) is 40.1 Å². The molecular weight excluding hydrogens is 242 g/mol. The summed E-state index contributed by atoms with van der Waals surface area (Å²) in [6.45, 7) is 3.82. The van der Waals surface area contributed by atoms with Gasteiger partial charge in [0.1, 0.15) is 5.82 Å². The number of hydrogen-bond acceptors (Lipinski definition) is 4. The Morgan fingerprint density at radius 2 is 2.16 bits per heavy atom. The molecule has 0 aliphatic carbocycles. The van der Waals surface area contributed by atoms with Crippen molar-refractivity contribution >= 4 is 0 Å². The van der Waals surface area contributed by atoms with Gasteiger partial charge in [0, 0.05) is 29.8 Å². The summed E-state index contributed by atoms with van der Waals surface area (Å²) in [6, 6.07) is 3.62. The van der Waals surface area contributed by atoms with Crippen LogP contribution in [0.25, 0.3) is 11.3 Å². The Balaban J connectivity index is 2.50. The molecule has 0 spiro atoms. The Hall–Kier alpha value is -2.17. The normalized spacial score (nSPS) is 10.5. The molecule has 0 saturated heterocycles. The van der Waals surface area contributed by atoms with Crippen molar-refractivity contribution in [1.29, 1.82) is 0 Å². The fourth-order valence-electron chi connectivity index (χ4n) is 1.86. The summed E-state index contributed by atoms with van der Waals surface area (Å²) < 4.78 is 5.02. The Labute approximate surface area is 111 Å². The number of ether oxygens (including phenoxy) is 1. The van der Waals surface area contributed by atoms with E-state index in [2.05, 4.69) is 21.9 Å². The summed E-state index contributed by atoms with van der Waals surface area (Å²) in [5, 5.41) is 0. The summed E-state index contributed by atoms with van der Waals surface area (Å²) in [6.07, 6.45) is 3.36. The highest BCUT2D eigenvalue weighted by Crippen LogP contribution is 2.20. The first-order valence-electron chi connectivity index (χ1n) is 6.26. The second-order valence-corrected chi connectivity index (χ2v) is 4.33. The van der Waals surface area contributed by atoms with Gasteiger partial charge in [0.05, 0.1) is 12.8 Å². The predicted octanol–water partition coefficient (Wildman–Crippen LogP) is 2.10. The summed E-state index contributed by atoms with van der Waals surface area (Å²) >= 11 is 0. The van der Waals surface area contributed by atoms with E-state index >= 15 is 0 Å². The summed E-state index contributed by atoms with van der Waals surface area (Å²) in [5.41, 5.74) is 2.01. The molecule has 2 rings (SSSR count). The highest BCUT2D eigenvalue weighted by molar-refractivity contribution is 5.61. The molecule has 2 heterocycles. The molecule has 2 aromatic rings. The van der Waals surface area contributed by atoms with Crippen molar-refractivity contribution in [1.82, 2.24) is 15.0 Å². The van der Waals surface area contributed by atoms with E-state index < -0.39 is 0 Å². The van der Waals surface area contributed by atoms with Crippen LogP contribution in [0.3, 0.4) is 0 Å². The van der Waals surface area contributed by atoms with Gasteiger partial charge in [-0.05, 0) is 19.4 Å². The molecule has 19 heavy (non-hydrogen) atoms. The Morgan fingerprint density at radius 1 is 1.37 bits per heavy atom. The van der Waals surface area contributed by atoms with Crippen LogP contribution >= 0.6 is 0 Å². The predicted molar refractivity (Wildman–Crippen MR) is 73.4 cm³/mol. The van der Waals surface area contributed by atoms with Gasteiger partial charge in [-0.25, -0.2) is 9.97 Å². The average Bonchev–Trinajstić information content (AvgIpc) is 2.43. The number of methoxy groups -OCH3 is 1. The molecule has 1 N–H and O–H groups in total. The maximum Gasteiger partial charge on any atom is 0.254 e. The Morgan fingerprint density at radius 3 is 2.74 bits per heavy atom. The van der Waals surface area contributed by atoms with E-state index in [-0.39, 0.29) is 5.56 Å². The molecule has 100 valence electrons. The van der Waals surface area contributed by atoms with Gasteiger partial charge in [-0.15, -0.1) is 0 Å². The Bertz CT molecular complexity index is 618. The Kier molecular flexibility index (Phi) is 3.94. The number of H-pyrrole nitrogens is 1. The van der Waals surface area contributed by atoms with Crippen LogP contribution in [0, 0.1) is 6.92 Å². The molecule has 2 aromatic heterocycles. The highest BCUT2D eigenvalue weighted by Gasteiger charge is 2.10. The zero-order valence-corrected chi connectivity index (χ0v) is 11.4. The van der Waals surface area contributed by atoms with Crippen LogP contribution in [-0.4, -0.2) is 22.1 Å². The summed E-state index contributed by atoms with van der Waals surface area (Å²) in [5.74, 6) is 1.25. The quantitative estimate of drug-likeness (QED) is 0.913. The van der Waals surface area contributed by atoms with E-state index in [4.69, 9.17) is 4.74 Å². The van der Waals surface area contributed by atoms with Crippen molar-refractivity contribution in [2.24, 2.45) is 0 Å². The van der Waals surface area contributed by atoms with Crippen LogP contribution in [0.15, 0.2) is 23.1 Å². The molecule has 0 saturated carbocycles. The summed E-state index contributed by atoms with van der Waals surface area (Å²) in [4.78, 5) is 23.3. The van der Waals surface area contributed by atoms with Gasteiger partial charge in [-0.1, -0.05) is 6.92 Å². The number of nitrogens with zero attached hydrogens (tertiary/aromatic N) is 2. The van der Waals surface area contributed by atoms with E-state index in [1.54, 1.807) is 26.3 Å². The minimum Gasteiger partial charge on any atom is -0.481 e. The van der Waals surface area contributed by atoms with Gasteiger partial charge in [0.2, 0.25) is 5.88 Å². The lowest BCUT2D eigenvalue weighted by molar-refractivity contribution is 0.398. The molecule has 0 unspecified atom stereocenters. The fraction of sp³-hybridized carbons (Fsp3) is 0.357. The van der Waals surface area contributed by atoms with Crippen LogP contribution in [0.5, 0.6) is 5.88 Å². The zero-order valence-electron chi connectivity index (χ0n) is 11.4. The molecule has 0 atom stereocenters. The molecule has 0 bridgehead atoms. The smallest absolute Gasteiger partial charge is 0.254 e. The second kappa shape index (κ2) is 5.65. The van der Waals surface area contributed by atoms with E-state index in [0.29, 0.717) is 23.0 Å². The number of nitrogens with one attached hydrogen (secondary N) is 1. The van der Waals surface area contributed by atoms with Gasteiger partial charge >= 0.3 is 0 Å². The molecule has 0 aliphatic heterocycles. The van der Waals surface area contributed by atoms with Crippen LogP contribution in [0.1, 0.15) is 24.7 Å². The first kappa shape index (κ1) is 13.3. The molecule has 0 aromatic carbocycles. The van der Waals surface area contributed by atoms with Crippen LogP contribution in [0.4, 0.5) is 0 Å². The topological polar surface area (TPSA) is 67.9 Å². The number of aromatic amines is 1. The minimum atomic E-state index is -0.0933. The first-order chi connectivity index (χ1) is 9.15. The van der Waals surface area contributed by atoms with Crippen LogP contribution in [0.2, 0.25) is 0 Å². The van der Waals surface area contributed by atoms with Crippen molar-refractivity contribution < 1.29 is 4.74 Å². The maximum atomic E-state index is 11.9. The number of hydrogen-bond donors (Lipinski definition) is 1.